The zero-order valence-corrected chi connectivity index (χ0v) is 19.8. The number of carbonyl (C=O) groups is 2. The number of fused-ring (bicyclic) bond motifs is 1. The van der Waals surface area contributed by atoms with Gasteiger partial charge in [0.05, 0.1) is 12.7 Å². The third-order valence-corrected chi connectivity index (χ3v) is 6.07. The summed E-state index contributed by atoms with van der Waals surface area (Å²) in [5.74, 6) is -3.21. The van der Waals surface area contributed by atoms with Crippen LogP contribution in [-0.4, -0.2) is 80.7 Å². The summed E-state index contributed by atoms with van der Waals surface area (Å²) < 4.78 is 21.6. The first-order chi connectivity index (χ1) is 18.0. The second-order valence-electron chi connectivity index (χ2n) is 8.56. The van der Waals surface area contributed by atoms with E-state index in [4.69, 9.17) is 23.7 Å². The number of phenols is 2. The molecule has 0 spiro atoms. The van der Waals surface area contributed by atoms with Gasteiger partial charge in [0.15, 0.2) is 5.43 Å². The lowest BCUT2D eigenvalue weighted by atomic mass is 9.89. The zero-order valence-electron chi connectivity index (χ0n) is 19.8. The average molecular weight is 532 g/mol. The molecule has 4 rings (SSSR count). The molecule has 5 atom stereocenters. The molecule has 0 radical (unpaired) electrons. The van der Waals surface area contributed by atoms with E-state index in [2.05, 4.69) is 0 Å². The lowest BCUT2D eigenvalue weighted by Gasteiger charge is -2.41. The fourth-order valence-corrected chi connectivity index (χ4v) is 4.18. The first-order valence-corrected chi connectivity index (χ1v) is 11.3. The Hall–Kier alpha value is -4.17. The highest BCUT2D eigenvalue weighted by Gasteiger charge is 2.47. The van der Waals surface area contributed by atoms with Gasteiger partial charge in [-0.15, -0.1) is 0 Å². The summed E-state index contributed by atoms with van der Waals surface area (Å²) in [7, 11) is 1.23. The van der Waals surface area contributed by atoms with Crippen molar-refractivity contribution in [2.24, 2.45) is 0 Å². The van der Waals surface area contributed by atoms with Crippen molar-refractivity contribution >= 4 is 22.9 Å². The van der Waals surface area contributed by atoms with Crippen LogP contribution >= 0.6 is 0 Å². The van der Waals surface area contributed by atoms with Gasteiger partial charge in [-0.2, -0.15) is 0 Å². The van der Waals surface area contributed by atoms with E-state index in [0.29, 0.717) is 5.56 Å². The Bertz CT molecular complexity index is 1410. The van der Waals surface area contributed by atoms with Gasteiger partial charge >= 0.3 is 11.9 Å². The lowest BCUT2D eigenvalue weighted by Crippen LogP contribution is -2.55. The zero-order chi connectivity index (χ0) is 27.7. The van der Waals surface area contributed by atoms with Crippen molar-refractivity contribution in [1.82, 2.24) is 0 Å². The van der Waals surface area contributed by atoms with Crippen molar-refractivity contribution in [3.63, 3.8) is 0 Å². The van der Waals surface area contributed by atoms with Crippen LogP contribution in [0.15, 0.2) is 45.6 Å². The summed E-state index contributed by atoms with van der Waals surface area (Å²) in [4.78, 5) is 35.3. The lowest BCUT2D eigenvalue weighted by molar-refractivity contribution is -0.235. The van der Waals surface area contributed by atoms with Gasteiger partial charge in [0, 0.05) is 17.7 Å². The van der Waals surface area contributed by atoms with Gasteiger partial charge in [-0.05, 0) is 24.3 Å². The molecule has 13 heteroatoms. The van der Waals surface area contributed by atoms with Crippen LogP contribution in [0.3, 0.4) is 0 Å². The topological polar surface area (TPSA) is 213 Å². The largest absolute Gasteiger partial charge is 0.508 e. The summed E-state index contributed by atoms with van der Waals surface area (Å²) in [6.07, 6.45) is -9.37. The number of rotatable bonds is 7. The number of ether oxygens (including phenoxy) is 3. The van der Waals surface area contributed by atoms with E-state index >= 15 is 0 Å². The minimum Gasteiger partial charge on any atom is -0.508 e. The summed E-state index contributed by atoms with van der Waals surface area (Å²) in [6.45, 7) is -0.678. The minimum absolute atomic E-state index is 0.00847. The molecular formula is C25H24O13. The molecule has 38 heavy (non-hydrogen) atoms. The normalized spacial score (nSPS) is 23.2. The number of carbonyl (C=O) groups excluding carboxylic acids is 1. The molecule has 202 valence electrons. The van der Waals surface area contributed by atoms with E-state index in [1.807, 2.05) is 0 Å². The maximum atomic E-state index is 13.0. The van der Waals surface area contributed by atoms with E-state index in [1.165, 1.54) is 37.4 Å². The highest BCUT2D eigenvalue weighted by atomic mass is 16.6. The summed E-state index contributed by atoms with van der Waals surface area (Å²) >= 11 is 0. The van der Waals surface area contributed by atoms with Crippen LogP contribution in [0, 0.1) is 0 Å². The van der Waals surface area contributed by atoms with Gasteiger partial charge in [0.2, 0.25) is 0 Å². The van der Waals surface area contributed by atoms with Gasteiger partial charge in [0.1, 0.15) is 77.5 Å². The maximum absolute atomic E-state index is 13.0. The van der Waals surface area contributed by atoms with Crippen molar-refractivity contribution in [3.8, 4) is 28.6 Å². The van der Waals surface area contributed by atoms with E-state index in [1.54, 1.807) is 0 Å². The Labute approximate surface area is 213 Å². The number of aliphatic hydroxyl groups excluding tert-OH is 3. The highest BCUT2D eigenvalue weighted by Crippen LogP contribution is 2.45. The number of hydrogen-bond donors (Lipinski definition) is 6. The fourth-order valence-electron chi connectivity index (χ4n) is 4.18. The van der Waals surface area contributed by atoms with Crippen molar-refractivity contribution < 1.29 is 58.9 Å². The predicted octanol–water partition coefficient (Wildman–Crippen LogP) is 0.420. The van der Waals surface area contributed by atoms with Crippen LogP contribution in [0.5, 0.6) is 17.2 Å². The highest BCUT2D eigenvalue weighted by molar-refractivity contribution is 5.90. The van der Waals surface area contributed by atoms with Crippen LogP contribution in [0.25, 0.3) is 22.3 Å². The summed E-state index contributed by atoms with van der Waals surface area (Å²) in [5.41, 5.74) is -0.526. The molecule has 0 unspecified atom stereocenters. The van der Waals surface area contributed by atoms with Gasteiger partial charge in [-0.1, -0.05) is 0 Å². The third kappa shape index (κ3) is 5.13. The monoisotopic (exact) mass is 532 g/mol. The molecule has 0 bridgehead atoms. The second-order valence-corrected chi connectivity index (χ2v) is 8.56. The number of carboxylic acids is 1. The Morgan fingerprint density at radius 2 is 1.68 bits per heavy atom. The second kappa shape index (κ2) is 10.7. The van der Waals surface area contributed by atoms with Crippen molar-refractivity contribution in [2.75, 3.05) is 13.7 Å². The molecule has 1 saturated heterocycles. The number of aliphatic hydroxyl groups is 3. The van der Waals surface area contributed by atoms with E-state index < -0.39 is 66.7 Å². The molecular weight excluding hydrogens is 508 g/mol. The van der Waals surface area contributed by atoms with E-state index in [0.717, 1.165) is 6.07 Å². The van der Waals surface area contributed by atoms with Gasteiger partial charge in [-0.3, -0.25) is 14.4 Å². The standard InChI is InChI=1S/C25H24O13/c1-35-14-7-15-19(12(27)6-13(37-15)10-2-4-11(26)5-3-10)22(32)20(14)25-24(34)23(33)21(31)16(38-25)9-36-18(30)8-17(28)29/h2-7,16,21,23-26,31-34H,8-9H2,1H3,(H,28,29)/t16-,21-,23+,24-,25+/m1/s1. The van der Waals surface area contributed by atoms with Crippen LogP contribution in [0.1, 0.15) is 18.1 Å². The van der Waals surface area contributed by atoms with Gasteiger partial charge < -0.3 is 49.3 Å². The average Bonchev–Trinajstić information content (AvgIpc) is 2.86. The van der Waals surface area contributed by atoms with Gasteiger partial charge in [-0.25, -0.2) is 0 Å². The van der Waals surface area contributed by atoms with Gasteiger partial charge in [0.25, 0.3) is 0 Å². The van der Waals surface area contributed by atoms with E-state index in [9.17, 15) is 39.9 Å². The predicted molar refractivity (Wildman–Crippen MR) is 127 cm³/mol. The molecule has 2 heterocycles. The van der Waals surface area contributed by atoms with Crippen molar-refractivity contribution in [1.29, 1.82) is 0 Å². The molecule has 0 saturated carbocycles. The number of aromatic hydroxyl groups is 2. The van der Waals surface area contributed by atoms with Crippen molar-refractivity contribution in [3.05, 3.63) is 52.2 Å². The Morgan fingerprint density at radius 3 is 2.32 bits per heavy atom. The Balaban J connectivity index is 1.74. The van der Waals surface area contributed by atoms with Crippen LogP contribution in [-0.2, 0) is 19.1 Å². The fraction of sp³-hybridized carbons (Fsp3) is 0.320. The number of aliphatic carboxylic acids is 1. The molecule has 2 aromatic carbocycles. The molecule has 13 nitrogen and oxygen atoms in total. The molecule has 1 aliphatic heterocycles. The molecule has 0 aliphatic carbocycles. The molecule has 1 aliphatic rings. The van der Waals surface area contributed by atoms with Crippen LogP contribution in [0.2, 0.25) is 0 Å². The molecule has 6 N–H and O–H groups in total. The third-order valence-electron chi connectivity index (χ3n) is 6.07. The number of esters is 1. The number of methoxy groups -OCH3 is 1. The van der Waals surface area contributed by atoms with Crippen LogP contribution < -0.4 is 10.2 Å². The number of phenolic OH excluding ortho intramolecular Hbond substituents is 2. The SMILES string of the molecule is COc1cc2oc(-c3ccc(O)cc3)cc(=O)c2c(O)c1[C@@H]1O[C@H](COC(=O)CC(=O)O)[C@@H](O)[C@H](O)[C@H]1O. The van der Waals surface area contributed by atoms with Crippen LogP contribution in [0.4, 0.5) is 0 Å². The Morgan fingerprint density at radius 1 is 1.00 bits per heavy atom. The smallest absolute Gasteiger partial charge is 0.317 e. The Kier molecular flexibility index (Phi) is 7.55. The molecule has 3 aromatic rings. The quantitative estimate of drug-likeness (QED) is 0.180. The number of hydrogen-bond acceptors (Lipinski definition) is 12. The molecule has 0 amide bonds. The number of carboxylic acid groups (broad SMARTS) is 1. The minimum atomic E-state index is -1.84. The molecule has 1 aromatic heterocycles. The first kappa shape index (κ1) is 26.9. The maximum Gasteiger partial charge on any atom is 0.317 e. The summed E-state index contributed by atoms with van der Waals surface area (Å²) in [5, 5.41) is 60.4. The number of benzene rings is 2. The molecule has 1 fully saturated rings. The summed E-state index contributed by atoms with van der Waals surface area (Å²) in [6, 6.07) is 8.23. The van der Waals surface area contributed by atoms with E-state index in [-0.39, 0.29) is 33.8 Å². The first-order valence-electron chi connectivity index (χ1n) is 11.3. The van der Waals surface area contributed by atoms with Crippen molar-refractivity contribution in [2.45, 2.75) is 36.9 Å².